The number of carbonyl (C=O) groups excluding carboxylic acids is 2. The second-order valence-electron chi connectivity index (χ2n) is 8.29. The highest BCUT2D eigenvalue weighted by molar-refractivity contribution is 5.87. The van der Waals surface area contributed by atoms with E-state index in [0.717, 1.165) is 21.9 Å². The van der Waals surface area contributed by atoms with E-state index in [4.69, 9.17) is 4.74 Å². The predicted octanol–water partition coefficient (Wildman–Crippen LogP) is 4.59. The molecule has 3 aromatic carbocycles. The Labute approximate surface area is 177 Å². The van der Waals surface area contributed by atoms with E-state index in [2.05, 4.69) is 10.6 Å². The van der Waals surface area contributed by atoms with Crippen molar-refractivity contribution in [2.75, 3.05) is 0 Å². The Kier molecular flexibility index (Phi) is 6.72. The summed E-state index contributed by atoms with van der Waals surface area (Å²) < 4.78 is 5.36. The summed E-state index contributed by atoms with van der Waals surface area (Å²) in [6.07, 6.45) is -0.242. The molecule has 0 saturated heterocycles. The van der Waals surface area contributed by atoms with Crippen LogP contribution in [0.25, 0.3) is 10.8 Å². The van der Waals surface area contributed by atoms with Gasteiger partial charge in [0, 0.05) is 13.0 Å². The van der Waals surface area contributed by atoms with Crippen molar-refractivity contribution in [2.45, 2.75) is 45.4 Å². The van der Waals surface area contributed by atoms with Gasteiger partial charge in [-0.05, 0) is 42.7 Å². The largest absolute Gasteiger partial charge is 0.444 e. The van der Waals surface area contributed by atoms with Crippen LogP contribution in [-0.4, -0.2) is 23.6 Å². The lowest BCUT2D eigenvalue weighted by Crippen LogP contribution is -2.49. The quantitative estimate of drug-likeness (QED) is 0.631. The van der Waals surface area contributed by atoms with Crippen molar-refractivity contribution < 1.29 is 14.3 Å². The first kappa shape index (κ1) is 21.4. The molecule has 0 aliphatic carbocycles. The molecule has 156 valence electrons. The van der Waals surface area contributed by atoms with Crippen molar-refractivity contribution in [2.24, 2.45) is 0 Å². The Morgan fingerprint density at radius 1 is 0.867 bits per heavy atom. The maximum atomic E-state index is 12.9. The monoisotopic (exact) mass is 404 g/mol. The average molecular weight is 405 g/mol. The number of alkyl carbamates (subject to hydrolysis) is 1. The van der Waals surface area contributed by atoms with E-state index < -0.39 is 17.7 Å². The lowest BCUT2D eigenvalue weighted by Gasteiger charge is -2.23. The maximum Gasteiger partial charge on any atom is 0.408 e. The SMILES string of the molecule is CC(C)(C)OC(=O)N[C@@H](Cc1ccc2ccccc2c1)C(=O)NCc1ccccc1. The van der Waals surface area contributed by atoms with Gasteiger partial charge in [0.25, 0.3) is 0 Å². The van der Waals surface area contributed by atoms with Gasteiger partial charge in [-0.15, -0.1) is 0 Å². The van der Waals surface area contributed by atoms with Crippen molar-refractivity contribution in [3.8, 4) is 0 Å². The van der Waals surface area contributed by atoms with Crippen LogP contribution >= 0.6 is 0 Å². The van der Waals surface area contributed by atoms with E-state index in [0.29, 0.717) is 13.0 Å². The van der Waals surface area contributed by atoms with Crippen LogP contribution in [0.4, 0.5) is 4.79 Å². The molecule has 0 radical (unpaired) electrons. The highest BCUT2D eigenvalue weighted by Gasteiger charge is 2.24. The van der Waals surface area contributed by atoms with Gasteiger partial charge in [0.05, 0.1) is 0 Å². The van der Waals surface area contributed by atoms with Crippen molar-refractivity contribution in [1.29, 1.82) is 0 Å². The summed E-state index contributed by atoms with van der Waals surface area (Å²) in [4.78, 5) is 25.2. The standard InChI is InChI=1S/C25H28N2O3/c1-25(2,3)30-24(29)27-22(23(28)26-17-18-9-5-4-6-10-18)16-19-13-14-20-11-7-8-12-21(20)15-19/h4-15,22H,16-17H2,1-3H3,(H,26,28)(H,27,29)/t22-/m0/s1. The van der Waals surface area contributed by atoms with Gasteiger partial charge in [0.1, 0.15) is 11.6 Å². The van der Waals surface area contributed by atoms with Crippen molar-refractivity contribution in [3.63, 3.8) is 0 Å². The van der Waals surface area contributed by atoms with Gasteiger partial charge >= 0.3 is 6.09 Å². The number of ether oxygens (including phenoxy) is 1. The third-order valence-corrected chi connectivity index (χ3v) is 4.57. The molecule has 0 unspecified atom stereocenters. The fraction of sp³-hybridized carbons (Fsp3) is 0.280. The molecule has 0 bridgehead atoms. The van der Waals surface area contributed by atoms with Crippen LogP contribution in [0.1, 0.15) is 31.9 Å². The Bertz CT molecular complexity index is 1010. The lowest BCUT2D eigenvalue weighted by molar-refractivity contribution is -0.123. The van der Waals surface area contributed by atoms with E-state index in [-0.39, 0.29) is 5.91 Å². The minimum Gasteiger partial charge on any atom is -0.444 e. The number of rotatable bonds is 6. The zero-order valence-corrected chi connectivity index (χ0v) is 17.6. The minimum atomic E-state index is -0.746. The highest BCUT2D eigenvalue weighted by atomic mass is 16.6. The molecule has 30 heavy (non-hydrogen) atoms. The fourth-order valence-corrected chi connectivity index (χ4v) is 3.17. The number of fused-ring (bicyclic) bond motifs is 1. The summed E-state index contributed by atoms with van der Waals surface area (Å²) in [5.74, 6) is -0.252. The van der Waals surface area contributed by atoms with Crippen LogP contribution in [0.15, 0.2) is 72.8 Å². The van der Waals surface area contributed by atoms with Crippen molar-refractivity contribution in [1.82, 2.24) is 10.6 Å². The fourth-order valence-electron chi connectivity index (χ4n) is 3.17. The molecule has 5 nitrogen and oxygen atoms in total. The highest BCUT2D eigenvalue weighted by Crippen LogP contribution is 2.17. The van der Waals surface area contributed by atoms with E-state index in [1.165, 1.54) is 0 Å². The van der Waals surface area contributed by atoms with Crippen molar-refractivity contribution in [3.05, 3.63) is 83.9 Å². The second-order valence-corrected chi connectivity index (χ2v) is 8.29. The minimum absolute atomic E-state index is 0.252. The summed E-state index contributed by atoms with van der Waals surface area (Å²) >= 11 is 0. The summed E-state index contributed by atoms with van der Waals surface area (Å²) in [5, 5.41) is 7.87. The third-order valence-electron chi connectivity index (χ3n) is 4.57. The number of carbonyl (C=O) groups is 2. The molecular formula is C25H28N2O3. The van der Waals surface area contributed by atoms with E-state index >= 15 is 0 Å². The summed E-state index contributed by atoms with van der Waals surface area (Å²) in [7, 11) is 0. The van der Waals surface area contributed by atoms with Gasteiger partial charge in [0.2, 0.25) is 5.91 Å². The third kappa shape index (κ3) is 6.34. The molecule has 0 spiro atoms. The Hall–Kier alpha value is -3.34. The van der Waals surface area contributed by atoms with E-state index in [1.54, 1.807) is 20.8 Å². The zero-order chi connectivity index (χ0) is 21.6. The molecule has 0 saturated carbocycles. The molecule has 3 aromatic rings. The zero-order valence-electron chi connectivity index (χ0n) is 17.6. The van der Waals surface area contributed by atoms with Crippen molar-refractivity contribution >= 4 is 22.8 Å². The number of hydrogen-bond donors (Lipinski definition) is 2. The lowest BCUT2D eigenvalue weighted by atomic mass is 10.0. The van der Waals surface area contributed by atoms with Gasteiger partial charge in [-0.2, -0.15) is 0 Å². The van der Waals surface area contributed by atoms with Crippen LogP contribution in [0, 0.1) is 0 Å². The van der Waals surface area contributed by atoms with Crippen LogP contribution in [0.2, 0.25) is 0 Å². The first-order valence-corrected chi connectivity index (χ1v) is 10.1. The first-order chi connectivity index (χ1) is 14.3. The summed E-state index contributed by atoms with van der Waals surface area (Å²) in [5.41, 5.74) is 1.31. The smallest absolute Gasteiger partial charge is 0.408 e. The normalized spacial score (nSPS) is 12.2. The molecule has 5 heteroatoms. The molecule has 0 fully saturated rings. The van der Waals surface area contributed by atoms with Crippen LogP contribution < -0.4 is 10.6 Å². The summed E-state index contributed by atoms with van der Waals surface area (Å²) in [6, 6.07) is 23.0. The van der Waals surface area contributed by atoms with E-state index in [9.17, 15) is 9.59 Å². The van der Waals surface area contributed by atoms with Gasteiger partial charge in [-0.3, -0.25) is 4.79 Å². The Morgan fingerprint density at radius 2 is 1.53 bits per heavy atom. The molecule has 3 rings (SSSR count). The topological polar surface area (TPSA) is 67.4 Å². The molecule has 0 aliphatic rings. The van der Waals surface area contributed by atoms with Gasteiger partial charge in [-0.25, -0.2) is 4.79 Å². The van der Waals surface area contributed by atoms with Gasteiger partial charge < -0.3 is 15.4 Å². The van der Waals surface area contributed by atoms with Crippen LogP contribution in [0.3, 0.4) is 0 Å². The Balaban J connectivity index is 1.74. The average Bonchev–Trinajstić information content (AvgIpc) is 2.71. The van der Waals surface area contributed by atoms with Crippen LogP contribution in [-0.2, 0) is 22.5 Å². The molecule has 1 atom stereocenters. The number of amides is 2. The maximum absolute atomic E-state index is 12.9. The molecular weight excluding hydrogens is 376 g/mol. The number of benzene rings is 3. The number of hydrogen-bond acceptors (Lipinski definition) is 3. The molecule has 2 N–H and O–H groups in total. The van der Waals surface area contributed by atoms with Crippen LogP contribution in [0.5, 0.6) is 0 Å². The second kappa shape index (κ2) is 9.44. The summed E-state index contributed by atoms with van der Waals surface area (Å²) in [6.45, 7) is 5.77. The Morgan fingerprint density at radius 3 is 2.23 bits per heavy atom. The predicted molar refractivity (Wildman–Crippen MR) is 119 cm³/mol. The first-order valence-electron chi connectivity index (χ1n) is 10.1. The van der Waals surface area contributed by atoms with Gasteiger partial charge in [-0.1, -0.05) is 72.8 Å². The molecule has 0 aliphatic heterocycles. The van der Waals surface area contributed by atoms with Gasteiger partial charge in [0.15, 0.2) is 0 Å². The molecule has 2 amide bonds. The molecule has 0 heterocycles. The number of nitrogens with one attached hydrogen (secondary N) is 2. The van der Waals surface area contributed by atoms with E-state index in [1.807, 2.05) is 72.8 Å². The molecule has 0 aromatic heterocycles.